The Morgan fingerprint density at radius 3 is 2.34 bits per heavy atom. The molecule has 2 N–H and O–H groups in total. The first kappa shape index (κ1) is 25.2. The Labute approximate surface area is 190 Å². The molecule has 0 fully saturated rings. The summed E-state index contributed by atoms with van der Waals surface area (Å²) in [6.45, 7) is 5.76. The van der Waals surface area contributed by atoms with Crippen LogP contribution in [-0.4, -0.2) is 54.4 Å². The monoisotopic (exact) mass is 442 g/mol. The molecule has 0 aliphatic carbocycles. The number of hydrogen-bond donors (Lipinski definition) is 2. The van der Waals surface area contributed by atoms with Gasteiger partial charge in [-0.05, 0) is 43.2 Å². The summed E-state index contributed by atoms with van der Waals surface area (Å²) in [5.74, 6) is -0.293. The Balaban J connectivity index is 1.87. The molecular formula is C25H34N2O5. The van der Waals surface area contributed by atoms with E-state index in [0.717, 1.165) is 30.5 Å². The molecule has 0 bridgehead atoms. The topological polar surface area (TPSA) is 88.1 Å². The van der Waals surface area contributed by atoms with Crippen LogP contribution in [0.3, 0.4) is 0 Å². The van der Waals surface area contributed by atoms with E-state index in [2.05, 4.69) is 12.2 Å². The maximum absolute atomic E-state index is 12.7. The number of anilines is 1. The van der Waals surface area contributed by atoms with Gasteiger partial charge in [0.2, 0.25) is 0 Å². The Bertz CT molecular complexity index is 811. The van der Waals surface area contributed by atoms with Crippen LogP contribution in [0.2, 0.25) is 0 Å². The van der Waals surface area contributed by atoms with E-state index in [4.69, 9.17) is 9.47 Å². The summed E-state index contributed by atoms with van der Waals surface area (Å²) >= 11 is 0. The van der Waals surface area contributed by atoms with Crippen molar-refractivity contribution in [3.8, 4) is 5.75 Å². The number of benzene rings is 2. The van der Waals surface area contributed by atoms with Crippen molar-refractivity contribution < 1.29 is 24.2 Å². The zero-order valence-corrected chi connectivity index (χ0v) is 19.0. The van der Waals surface area contributed by atoms with Gasteiger partial charge in [-0.25, -0.2) is 9.59 Å². The largest absolute Gasteiger partial charge is 0.492 e. The lowest BCUT2D eigenvalue weighted by molar-refractivity contribution is -0.149. The molecule has 1 atom stereocenters. The van der Waals surface area contributed by atoms with Gasteiger partial charge in [0.05, 0.1) is 6.54 Å². The average molecular weight is 443 g/mol. The molecule has 2 rings (SSSR count). The van der Waals surface area contributed by atoms with Crippen molar-refractivity contribution >= 4 is 17.7 Å². The number of carboxylic acid groups (broad SMARTS) is 1. The van der Waals surface area contributed by atoms with Gasteiger partial charge in [0.15, 0.2) is 6.10 Å². The van der Waals surface area contributed by atoms with Crippen molar-refractivity contribution in [3.63, 3.8) is 0 Å². The molecule has 0 heterocycles. The fourth-order valence-electron chi connectivity index (χ4n) is 3.22. The molecule has 7 nitrogen and oxygen atoms in total. The smallest absolute Gasteiger partial charge is 0.333 e. The predicted octanol–water partition coefficient (Wildman–Crippen LogP) is 4.82. The summed E-state index contributed by atoms with van der Waals surface area (Å²) in [5.41, 5.74) is 1.63. The molecule has 0 radical (unpaired) electrons. The number of ether oxygens (including phenoxy) is 2. The molecule has 0 saturated carbocycles. The highest BCUT2D eigenvalue weighted by Gasteiger charge is 2.18. The first-order valence-electron chi connectivity index (χ1n) is 11.2. The number of urea groups is 1. The number of aliphatic carboxylic acids is 1. The normalized spacial score (nSPS) is 11.6. The minimum atomic E-state index is -0.968. The molecule has 7 heteroatoms. The Kier molecular flexibility index (Phi) is 11.1. The number of carbonyl (C=O) groups is 2. The van der Waals surface area contributed by atoms with Crippen molar-refractivity contribution in [3.05, 3.63) is 60.2 Å². The first-order valence-corrected chi connectivity index (χ1v) is 11.2. The maximum Gasteiger partial charge on any atom is 0.333 e. The van der Waals surface area contributed by atoms with Gasteiger partial charge < -0.3 is 24.8 Å². The van der Waals surface area contributed by atoms with Crippen molar-refractivity contribution in [1.29, 1.82) is 0 Å². The second kappa shape index (κ2) is 14.1. The maximum atomic E-state index is 12.7. The second-order valence-corrected chi connectivity index (χ2v) is 7.47. The van der Waals surface area contributed by atoms with Gasteiger partial charge in [-0.2, -0.15) is 0 Å². The lowest BCUT2D eigenvalue weighted by atomic mass is 10.1. The number of amides is 2. The van der Waals surface area contributed by atoms with Crippen LogP contribution < -0.4 is 10.1 Å². The van der Waals surface area contributed by atoms with Crippen LogP contribution in [0, 0.1) is 0 Å². The van der Waals surface area contributed by atoms with Crippen LogP contribution in [0.25, 0.3) is 0 Å². The molecule has 0 aliphatic heterocycles. The van der Waals surface area contributed by atoms with Crippen LogP contribution in [0.4, 0.5) is 10.5 Å². The zero-order chi connectivity index (χ0) is 23.2. The number of para-hydroxylation sites is 1. The van der Waals surface area contributed by atoms with Crippen molar-refractivity contribution in [2.75, 3.05) is 31.6 Å². The average Bonchev–Trinajstić information content (AvgIpc) is 2.79. The number of unbranched alkanes of at least 4 members (excludes halogenated alkanes) is 2. The molecule has 0 aromatic heterocycles. The summed E-state index contributed by atoms with van der Waals surface area (Å²) < 4.78 is 11.1. The third-order valence-electron chi connectivity index (χ3n) is 4.96. The van der Waals surface area contributed by atoms with Crippen molar-refractivity contribution in [1.82, 2.24) is 4.90 Å². The molecule has 174 valence electrons. The number of carbonyl (C=O) groups excluding carboxylic acids is 1. The van der Waals surface area contributed by atoms with Gasteiger partial charge in [0, 0.05) is 25.3 Å². The Morgan fingerprint density at radius 2 is 1.72 bits per heavy atom. The molecule has 32 heavy (non-hydrogen) atoms. The van der Waals surface area contributed by atoms with Gasteiger partial charge in [-0.15, -0.1) is 0 Å². The summed E-state index contributed by atoms with van der Waals surface area (Å²) in [6.07, 6.45) is 2.54. The van der Waals surface area contributed by atoms with E-state index < -0.39 is 12.1 Å². The third-order valence-corrected chi connectivity index (χ3v) is 4.96. The minimum Gasteiger partial charge on any atom is -0.492 e. The number of hydrogen-bond acceptors (Lipinski definition) is 4. The number of rotatable bonds is 14. The number of nitrogens with zero attached hydrogens (tertiary/aromatic N) is 1. The van der Waals surface area contributed by atoms with E-state index in [0.29, 0.717) is 38.5 Å². The van der Waals surface area contributed by atoms with Gasteiger partial charge >= 0.3 is 12.0 Å². The third kappa shape index (κ3) is 8.98. The van der Waals surface area contributed by atoms with E-state index in [9.17, 15) is 14.7 Å². The fourth-order valence-corrected chi connectivity index (χ4v) is 3.22. The van der Waals surface area contributed by atoms with E-state index in [-0.39, 0.29) is 6.03 Å². The van der Waals surface area contributed by atoms with Crippen molar-refractivity contribution in [2.45, 2.75) is 45.6 Å². The van der Waals surface area contributed by atoms with Gasteiger partial charge in [0.25, 0.3) is 0 Å². The van der Waals surface area contributed by atoms with Crippen molar-refractivity contribution in [2.24, 2.45) is 0 Å². The quantitative estimate of drug-likeness (QED) is 0.410. The Morgan fingerprint density at radius 1 is 1.00 bits per heavy atom. The van der Waals surface area contributed by atoms with Crippen LogP contribution in [0.15, 0.2) is 54.6 Å². The minimum absolute atomic E-state index is 0.137. The molecular weight excluding hydrogens is 408 g/mol. The van der Waals surface area contributed by atoms with Crippen LogP contribution in [0.5, 0.6) is 5.75 Å². The van der Waals surface area contributed by atoms with E-state index in [1.807, 2.05) is 54.6 Å². The number of nitrogens with one attached hydrogen (secondary N) is 1. The van der Waals surface area contributed by atoms with E-state index in [1.165, 1.54) is 0 Å². The SMILES string of the molecule is CCCCCN(CCOc1ccc(CC(OCC)C(=O)O)cc1)C(=O)Nc1ccccc1. The molecule has 0 spiro atoms. The number of carboxylic acids is 1. The molecule has 0 saturated heterocycles. The van der Waals surface area contributed by atoms with Gasteiger partial charge in [-0.3, -0.25) is 0 Å². The molecule has 0 aliphatic rings. The fraction of sp³-hybridized carbons (Fsp3) is 0.440. The van der Waals surface area contributed by atoms with E-state index >= 15 is 0 Å². The lowest BCUT2D eigenvalue weighted by Gasteiger charge is -2.23. The highest BCUT2D eigenvalue weighted by atomic mass is 16.5. The summed E-state index contributed by atoms with van der Waals surface area (Å²) in [5, 5.41) is 12.2. The van der Waals surface area contributed by atoms with Crippen LogP contribution in [-0.2, 0) is 16.0 Å². The summed E-state index contributed by atoms with van der Waals surface area (Å²) in [6, 6.07) is 16.6. The lowest BCUT2D eigenvalue weighted by Crippen LogP contribution is -2.38. The van der Waals surface area contributed by atoms with Gasteiger partial charge in [0.1, 0.15) is 12.4 Å². The zero-order valence-electron chi connectivity index (χ0n) is 19.0. The summed E-state index contributed by atoms with van der Waals surface area (Å²) in [7, 11) is 0. The predicted molar refractivity (Wildman–Crippen MR) is 125 cm³/mol. The molecule has 2 amide bonds. The highest BCUT2D eigenvalue weighted by molar-refractivity contribution is 5.89. The Hall–Kier alpha value is -3.06. The van der Waals surface area contributed by atoms with E-state index in [1.54, 1.807) is 11.8 Å². The first-order chi connectivity index (χ1) is 15.5. The molecule has 2 aromatic rings. The summed E-state index contributed by atoms with van der Waals surface area (Å²) in [4.78, 5) is 25.7. The standard InChI is InChI=1S/C25H34N2O5/c1-3-5-9-16-27(25(30)26-21-10-7-6-8-11-21)17-18-32-22-14-12-20(13-15-22)19-23(24(28)29)31-4-2/h6-8,10-15,23H,3-5,9,16-19H2,1-2H3,(H,26,30)(H,28,29). The highest BCUT2D eigenvalue weighted by Crippen LogP contribution is 2.15. The second-order valence-electron chi connectivity index (χ2n) is 7.47. The van der Waals surface area contributed by atoms with Crippen LogP contribution in [0.1, 0.15) is 38.7 Å². The van der Waals surface area contributed by atoms with Gasteiger partial charge in [-0.1, -0.05) is 50.1 Å². The van der Waals surface area contributed by atoms with Crippen LogP contribution >= 0.6 is 0 Å². The molecule has 1 unspecified atom stereocenters. The molecule has 2 aromatic carbocycles.